The first-order valence-electron chi connectivity index (χ1n) is 4.19. The van der Waals surface area contributed by atoms with Gasteiger partial charge in [-0.2, -0.15) is 5.26 Å². The van der Waals surface area contributed by atoms with Crippen molar-refractivity contribution in [1.82, 2.24) is 0 Å². The normalized spacial score (nSPS) is 9.40. The number of hydrogen-bond acceptors (Lipinski definition) is 4. The van der Waals surface area contributed by atoms with Crippen molar-refractivity contribution in [1.29, 1.82) is 5.26 Å². The zero-order chi connectivity index (χ0) is 11.4. The first-order valence-corrected chi connectivity index (χ1v) is 4.57. The molecule has 0 unspecified atom stereocenters. The lowest BCUT2D eigenvalue weighted by Crippen LogP contribution is -2.04. The van der Waals surface area contributed by atoms with E-state index in [0.717, 1.165) is 0 Å². The van der Waals surface area contributed by atoms with Crippen molar-refractivity contribution in [2.75, 3.05) is 6.61 Å². The van der Waals surface area contributed by atoms with Gasteiger partial charge in [0.2, 0.25) is 0 Å². The fourth-order valence-corrected chi connectivity index (χ4v) is 1.17. The van der Waals surface area contributed by atoms with Gasteiger partial charge in [-0.25, -0.2) is 4.79 Å². The van der Waals surface area contributed by atoms with Crippen LogP contribution in [0.3, 0.4) is 0 Å². The number of nitriles is 1. The van der Waals surface area contributed by atoms with E-state index in [4.69, 9.17) is 21.6 Å². The van der Waals surface area contributed by atoms with Crippen LogP contribution in [0, 0.1) is 11.3 Å². The molecular weight excluding hydrogens is 218 g/mol. The molecule has 0 aliphatic rings. The summed E-state index contributed by atoms with van der Waals surface area (Å²) < 4.78 is 4.72. The summed E-state index contributed by atoms with van der Waals surface area (Å²) >= 11 is 5.62. The predicted molar refractivity (Wildman–Crippen MR) is 53.8 cm³/mol. The molecule has 0 heterocycles. The molecule has 0 saturated heterocycles. The second-order valence-electron chi connectivity index (χ2n) is 2.69. The average Bonchev–Trinajstić information content (AvgIpc) is 2.22. The van der Waals surface area contributed by atoms with Crippen molar-refractivity contribution in [3.05, 3.63) is 28.3 Å². The molecule has 0 radical (unpaired) electrons. The Morgan fingerprint density at radius 1 is 1.67 bits per heavy atom. The Balaban J connectivity index is 3.18. The molecule has 0 aromatic heterocycles. The van der Waals surface area contributed by atoms with E-state index in [1.165, 1.54) is 12.1 Å². The minimum absolute atomic E-state index is 0.0414. The molecule has 0 aliphatic carbocycles. The van der Waals surface area contributed by atoms with Crippen LogP contribution in [0.4, 0.5) is 0 Å². The van der Waals surface area contributed by atoms with Gasteiger partial charge < -0.3 is 9.84 Å². The van der Waals surface area contributed by atoms with Crippen LogP contribution in [0.5, 0.6) is 5.75 Å². The lowest BCUT2D eigenvalue weighted by molar-refractivity contribution is 0.0526. The maximum atomic E-state index is 11.3. The highest BCUT2D eigenvalue weighted by atomic mass is 35.5. The summed E-state index contributed by atoms with van der Waals surface area (Å²) in [6.45, 7) is 1.89. The van der Waals surface area contributed by atoms with E-state index >= 15 is 0 Å². The number of halogens is 1. The Morgan fingerprint density at radius 3 is 2.87 bits per heavy atom. The van der Waals surface area contributed by atoms with Crippen LogP contribution in [0.1, 0.15) is 22.8 Å². The lowest BCUT2D eigenvalue weighted by Gasteiger charge is -2.04. The highest BCUT2D eigenvalue weighted by molar-refractivity contribution is 6.33. The van der Waals surface area contributed by atoms with Crippen LogP contribution in [-0.4, -0.2) is 17.7 Å². The number of rotatable bonds is 2. The van der Waals surface area contributed by atoms with Crippen molar-refractivity contribution in [2.24, 2.45) is 0 Å². The van der Waals surface area contributed by atoms with Gasteiger partial charge in [0.1, 0.15) is 16.8 Å². The van der Waals surface area contributed by atoms with Crippen LogP contribution in [-0.2, 0) is 4.74 Å². The highest BCUT2D eigenvalue weighted by Gasteiger charge is 2.13. The number of benzene rings is 1. The first kappa shape index (κ1) is 11.3. The number of nitrogens with zero attached hydrogens (tertiary/aromatic N) is 1. The Labute approximate surface area is 91.7 Å². The number of phenols is 1. The molecule has 0 atom stereocenters. The molecule has 0 bridgehead atoms. The number of hydrogen-bond donors (Lipinski definition) is 1. The van der Waals surface area contributed by atoms with Crippen molar-refractivity contribution < 1.29 is 14.6 Å². The highest BCUT2D eigenvalue weighted by Crippen LogP contribution is 2.28. The van der Waals surface area contributed by atoms with Gasteiger partial charge in [-0.15, -0.1) is 0 Å². The number of aromatic hydroxyl groups is 1. The zero-order valence-electron chi connectivity index (χ0n) is 7.95. The minimum atomic E-state index is -0.596. The van der Waals surface area contributed by atoms with Crippen LogP contribution in [0.25, 0.3) is 0 Å². The smallest absolute Gasteiger partial charge is 0.338 e. The van der Waals surface area contributed by atoms with Gasteiger partial charge in [-0.3, -0.25) is 0 Å². The van der Waals surface area contributed by atoms with E-state index in [-0.39, 0.29) is 28.5 Å². The molecule has 78 valence electrons. The van der Waals surface area contributed by atoms with Crippen molar-refractivity contribution in [3.63, 3.8) is 0 Å². The molecule has 0 spiro atoms. The van der Waals surface area contributed by atoms with Gasteiger partial charge in [0.05, 0.1) is 17.7 Å². The predicted octanol–water partition coefficient (Wildman–Crippen LogP) is 2.09. The molecule has 0 saturated carbocycles. The lowest BCUT2D eigenvalue weighted by atomic mass is 10.1. The van der Waals surface area contributed by atoms with Crippen molar-refractivity contribution in [2.45, 2.75) is 6.92 Å². The SMILES string of the molecule is CCOC(=O)c1cc(O)c(Cl)c(C#N)c1. The van der Waals surface area contributed by atoms with Gasteiger partial charge in [-0.05, 0) is 19.1 Å². The maximum absolute atomic E-state index is 11.3. The largest absolute Gasteiger partial charge is 0.506 e. The third kappa shape index (κ3) is 2.39. The number of phenolic OH excluding ortho intramolecular Hbond substituents is 1. The standard InChI is InChI=1S/C10H8ClNO3/c1-2-15-10(14)6-3-7(5-12)9(11)8(13)4-6/h3-4,13H,2H2,1H3. The number of carbonyl (C=O) groups is 1. The Morgan fingerprint density at radius 2 is 2.33 bits per heavy atom. The van der Waals surface area contributed by atoms with Gasteiger partial charge in [0.25, 0.3) is 0 Å². The second-order valence-corrected chi connectivity index (χ2v) is 3.07. The monoisotopic (exact) mass is 225 g/mol. The van der Waals surface area contributed by atoms with Crippen LogP contribution >= 0.6 is 11.6 Å². The summed E-state index contributed by atoms with van der Waals surface area (Å²) in [5.41, 5.74) is 0.148. The molecule has 0 amide bonds. The Bertz CT molecular complexity index is 437. The molecule has 1 N–H and O–H groups in total. The van der Waals surface area contributed by atoms with Gasteiger partial charge in [-0.1, -0.05) is 11.6 Å². The molecule has 4 nitrogen and oxygen atoms in total. The van der Waals surface area contributed by atoms with Gasteiger partial charge >= 0.3 is 5.97 Å². The van der Waals surface area contributed by atoms with E-state index in [0.29, 0.717) is 0 Å². The van der Waals surface area contributed by atoms with Crippen LogP contribution < -0.4 is 0 Å². The molecule has 0 fully saturated rings. The van der Waals surface area contributed by atoms with Crippen molar-refractivity contribution >= 4 is 17.6 Å². The Hall–Kier alpha value is -1.73. The topological polar surface area (TPSA) is 70.3 Å². The van der Waals surface area contributed by atoms with Crippen LogP contribution in [0.15, 0.2) is 12.1 Å². The second kappa shape index (κ2) is 4.67. The van der Waals surface area contributed by atoms with Gasteiger partial charge in [0, 0.05) is 0 Å². The summed E-state index contributed by atoms with van der Waals surface area (Å²) in [6, 6.07) is 4.22. The zero-order valence-corrected chi connectivity index (χ0v) is 8.71. The molecule has 1 rings (SSSR count). The summed E-state index contributed by atoms with van der Waals surface area (Å²) in [6.07, 6.45) is 0. The molecule has 5 heteroatoms. The van der Waals surface area contributed by atoms with Crippen molar-refractivity contribution in [3.8, 4) is 11.8 Å². The van der Waals surface area contributed by atoms with Crippen LogP contribution in [0.2, 0.25) is 5.02 Å². The van der Waals surface area contributed by atoms with E-state index in [1.807, 2.05) is 0 Å². The summed E-state index contributed by atoms with van der Waals surface area (Å²) in [5, 5.41) is 18.0. The number of carbonyl (C=O) groups excluding carboxylic acids is 1. The molecular formula is C10H8ClNO3. The summed E-state index contributed by atoms with van der Waals surface area (Å²) in [7, 11) is 0. The fourth-order valence-electron chi connectivity index (χ4n) is 1.02. The third-order valence-electron chi connectivity index (χ3n) is 1.68. The molecule has 0 aliphatic heterocycles. The summed E-state index contributed by atoms with van der Waals surface area (Å²) in [5.74, 6) is -0.903. The van der Waals surface area contributed by atoms with E-state index in [1.54, 1.807) is 13.0 Å². The van der Waals surface area contributed by atoms with Gasteiger partial charge in [0.15, 0.2) is 0 Å². The Kier molecular flexibility index (Phi) is 3.53. The van der Waals surface area contributed by atoms with E-state index < -0.39 is 5.97 Å². The number of ether oxygens (including phenoxy) is 1. The maximum Gasteiger partial charge on any atom is 0.338 e. The summed E-state index contributed by atoms with van der Waals surface area (Å²) in [4.78, 5) is 11.3. The average molecular weight is 226 g/mol. The molecule has 1 aromatic rings. The number of esters is 1. The fraction of sp³-hybridized carbons (Fsp3) is 0.200. The quantitative estimate of drug-likeness (QED) is 0.783. The van der Waals surface area contributed by atoms with E-state index in [2.05, 4.69) is 0 Å². The molecule has 15 heavy (non-hydrogen) atoms. The first-order chi connectivity index (χ1) is 7.10. The minimum Gasteiger partial charge on any atom is -0.506 e. The molecule has 1 aromatic carbocycles. The van der Waals surface area contributed by atoms with E-state index in [9.17, 15) is 9.90 Å². The third-order valence-corrected chi connectivity index (χ3v) is 2.08.